The Morgan fingerprint density at radius 2 is 2.19 bits per heavy atom. The summed E-state index contributed by atoms with van der Waals surface area (Å²) in [6.07, 6.45) is 2.63. The second kappa shape index (κ2) is 4.79. The average molecular weight is 309 g/mol. The molecular weight excluding hydrogens is 290 g/mol. The summed E-state index contributed by atoms with van der Waals surface area (Å²) in [5, 5.41) is 39.5. The molecule has 1 fully saturated rings. The minimum atomic E-state index is -1.28. The van der Waals surface area contributed by atoms with Crippen LogP contribution in [-0.4, -0.2) is 42.8 Å². The Balaban J connectivity index is 2.23. The summed E-state index contributed by atoms with van der Waals surface area (Å²) in [5.41, 5.74) is -1.27. The molecule has 0 radical (unpaired) electrons. The molecule has 7 heteroatoms. The van der Waals surface area contributed by atoms with E-state index >= 15 is 0 Å². The molecule has 0 saturated heterocycles. The zero-order valence-corrected chi connectivity index (χ0v) is 12.9. The van der Waals surface area contributed by atoms with E-state index in [4.69, 9.17) is 0 Å². The summed E-state index contributed by atoms with van der Waals surface area (Å²) < 4.78 is 0.854. The van der Waals surface area contributed by atoms with Gasteiger partial charge in [0.15, 0.2) is 0 Å². The van der Waals surface area contributed by atoms with Crippen LogP contribution in [0.5, 0.6) is 0 Å². The van der Waals surface area contributed by atoms with Crippen LogP contribution < -0.4 is 0 Å². The molecule has 0 unspecified atom stereocenters. The normalized spacial score (nSPS) is 31.5. The van der Waals surface area contributed by atoms with Crippen LogP contribution in [0.2, 0.25) is 0 Å². The van der Waals surface area contributed by atoms with E-state index in [-0.39, 0.29) is 0 Å². The highest BCUT2D eigenvalue weighted by Crippen LogP contribution is 2.42. The highest BCUT2D eigenvalue weighted by atomic mass is 32.1. The van der Waals surface area contributed by atoms with Gasteiger partial charge in [-0.25, -0.2) is 0 Å². The highest BCUT2D eigenvalue weighted by molar-refractivity contribution is 7.12. The van der Waals surface area contributed by atoms with Crippen molar-refractivity contribution >= 4 is 22.8 Å². The van der Waals surface area contributed by atoms with Crippen molar-refractivity contribution in [2.45, 2.75) is 50.7 Å². The first kappa shape index (κ1) is 14.5. The van der Waals surface area contributed by atoms with Crippen LogP contribution >= 0.6 is 11.3 Å². The van der Waals surface area contributed by atoms with E-state index < -0.39 is 11.2 Å². The largest absolute Gasteiger partial charge is 0.622 e. The van der Waals surface area contributed by atoms with E-state index in [1.807, 2.05) is 31.4 Å². The van der Waals surface area contributed by atoms with Crippen molar-refractivity contribution in [2.75, 3.05) is 0 Å². The fourth-order valence-corrected chi connectivity index (χ4v) is 4.39. The maximum Gasteiger partial charge on any atom is 0.293 e. The molecule has 1 aromatic heterocycles. The number of nitrogens with zero attached hydrogens (tertiary/aromatic N) is 3. The molecule has 6 nitrogen and oxygen atoms in total. The van der Waals surface area contributed by atoms with Gasteiger partial charge in [0.1, 0.15) is 11.3 Å². The number of hydroxylamine groups is 3. The lowest BCUT2D eigenvalue weighted by atomic mass is 9.86. The summed E-state index contributed by atoms with van der Waals surface area (Å²) in [5.74, 6) is 0. The number of oxime groups is 1. The lowest BCUT2D eigenvalue weighted by Crippen LogP contribution is -2.60. The van der Waals surface area contributed by atoms with Crippen LogP contribution in [0.3, 0.4) is 0 Å². The first-order valence-corrected chi connectivity index (χ1v) is 7.93. The van der Waals surface area contributed by atoms with Gasteiger partial charge in [-0.05, 0) is 44.6 Å². The quantitative estimate of drug-likeness (QED) is 0.361. The minimum Gasteiger partial charge on any atom is -0.622 e. The highest BCUT2D eigenvalue weighted by Gasteiger charge is 2.65. The van der Waals surface area contributed by atoms with Crippen molar-refractivity contribution in [3.63, 3.8) is 0 Å². The zero-order valence-electron chi connectivity index (χ0n) is 12.1. The van der Waals surface area contributed by atoms with Crippen LogP contribution in [0, 0.1) is 5.21 Å². The van der Waals surface area contributed by atoms with E-state index in [0.717, 1.165) is 27.5 Å². The first-order valence-electron chi connectivity index (χ1n) is 7.05. The van der Waals surface area contributed by atoms with Crippen molar-refractivity contribution in [2.24, 2.45) is 5.16 Å². The summed E-state index contributed by atoms with van der Waals surface area (Å²) in [4.78, 5) is 0.828. The van der Waals surface area contributed by atoms with Crippen LogP contribution in [0.15, 0.2) is 22.7 Å². The molecule has 2 aliphatic rings. The molecular formula is C14H19N3O3S. The minimum absolute atomic E-state index is 0.339. The monoisotopic (exact) mass is 309 g/mol. The van der Waals surface area contributed by atoms with E-state index in [9.17, 15) is 15.6 Å². The zero-order chi connectivity index (χ0) is 15.3. The summed E-state index contributed by atoms with van der Waals surface area (Å²) in [6.45, 7) is 3.62. The van der Waals surface area contributed by atoms with E-state index in [1.165, 1.54) is 11.3 Å². The van der Waals surface area contributed by atoms with Crippen molar-refractivity contribution in [1.29, 1.82) is 0 Å². The van der Waals surface area contributed by atoms with Crippen LogP contribution in [-0.2, 0) is 0 Å². The third kappa shape index (κ3) is 1.77. The molecule has 1 spiro atoms. The van der Waals surface area contributed by atoms with E-state index in [0.29, 0.717) is 24.3 Å². The Labute approximate surface area is 127 Å². The van der Waals surface area contributed by atoms with Gasteiger partial charge in [-0.1, -0.05) is 11.2 Å². The van der Waals surface area contributed by atoms with Crippen LogP contribution in [0.25, 0.3) is 0 Å². The average Bonchev–Trinajstić information content (AvgIpc) is 3.03. The van der Waals surface area contributed by atoms with Gasteiger partial charge in [-0.2, -0.15) is 4.74 Å². The SMILES string of the molecule is CC1(C)C(c2cccs2)=[N+]([O-])[C@@]2(CCCCC2=NO)N1O. The molecule has 21 heavy (non-hydrogen) atoms. The number of rotatable bonds is 1. The molecule has 0 amide bonds. The third-order valence-corrected chi connectivity index (χ3v) is 5.40. The molecule has 2 N–H and O–H groups in total. The second-order valence-corrected chi connectivity index (χ2v) is 7.01. The number of hydrogen-bond donors (Lipinski definition) is 2. The maximum atomic E-state index is 13.1. The Kier molecular flexibility index (Phi) is 3.31. The standard InChI is InChI=1S/C14H19N3O3S/c1-13(2)12(10-6-5-9-21-10)16(19)14(17(13)20)8-4-3-7-11(14)15-18/h5-6,9,18,20H,3-4,7-8H2,1-2H3/t14-/m0/s1. The van der Waals surface area contributed by atoms with Gasteiger partial charge >= 0.3 is 0 Å². The number of hydrogen-bond acceptors (Lipinski definition) is 6. The van der Waals surface area contributed by atoms with Crippen molar-refractivity contribution in [3.8, 4) is 0 Å². The fourth-order valence-electron chi connectivity index (χ4n) is 3.48. The Morgan fingerprint density at radius 3 is 2.81 bits per heavy atom. The van der Waals surface area contributed by atoms with Crippen molar-refractivity contribution < 1.29 is 15.2 Å². The maximum absolute atomic E-state index is 13.1. The lowest BCUT2D eigenvalue weighted by Gasteiger charge is -2.38. The lowest BCUT2D eigenvalue weighted by molar-refractivity contribution is -0.568. The van der Waals surface area contributed by atoms with E-state index in [2.05, 4.69) is 5.16 Å². The molecule has 0 aromatic carbocycles. The molecule has 1 aliphatic heterocycles. The smallest absolute Gasteiger partial charge is 0.293 e. The Morgan fingerprint density at radius 1 is 1.43 bits per heavy atom. The van der Waals surface area contributed by atoms with Gasteiger partial charge in [0, 0.05) is 6.42 Å². The fraction of sp³-hybridized carbons (Fsp3) is 0.571. The summed E-state index contributed by atoms with van der Waals surface area (Å²) in [6, 6.07) is 3.75. The topological polar surface area (TPSA) is 82.1 Å². The van der Waals surface area contributed by atoms with Crippen LogP contribution in [0.4, 0.5) is 0 Å². The Bertz CT molecular complexity index is 609. The molecule has 114 valence electrons. The third-order valence-electron chi connectivity index (χ3n) is 4.52. The number of thiophene rings is 1. The molecule has 1 atom stereocenters. The molecule has 1 aromatic rings. The van der Waals surface area contributed by atoms with Gasteiger partial charge in [0.05, 0.1) is 4.88 Å². The van der Waals surface area contributed by atoms with Gasteiger partial charge in [-0.3, -0.25) is 0 Å². The van der Waals surface area contributed by atoms with Crippen LogP contribution in [0.1, 0.15) is 44.4 Å². The summed E-state index contributed by atoms with van der Waals surface area (Å²) >= 11 is 1.47. The molecule has 2 heterocycles. The predicted molar refractivity (Wildman–Crippen MR) is 80.2 cm³/mol. The molecule has 1 aliphatic carbocycles. The van der Waals surface area contributed by atoms with Gasteiger partial charge in [0.2, 0.25) is 5.71 Å². The van der Waals surface area contributed by atoms with E-state index in [1.54, 1.807) is 0 Å². The first-order chi connectivity index (χ1) is 9.96. The summed E-state index contributed by atoms with van der Waals surface area (Å²) in [7, 11) is 0. The Hall–Kier alpha value is -1.44. The van der Waals surface area contributed by atoms with Crippen molar-refractivity contribution in [1.82, 2.24) is 5.06 Å². The van der Waals surface area contributed by atoms with Gasteiger partial charge in [0.25, 0.3) is 5.66 Å². The second-order valence-electron chi connectivity index (χ2n) is 6.06. The molecule has 3 rings (SSSR count). The molecule has 0 bridgehead atoms. The van der Waals surface area contributed by atoms with Crippen molar-refractivity contribution in [3.05, 3.63) is 27.6 Å². The molecule has 1 saturated carbocycles. The van der Waals surface area contributed by atoms with Gasteiger partial charge < -0.3 is 15.6 Å². The van der Waals surface area contributed by atoms with Gasteiger partial charge in [-0.15, -0.1) is 16.4 Å². The predicted octanol–water partition coefficient (Wildman–Crippen LogP) is 2.63.